The van der Waals surface area contributed by atoms with Gasteiger partial charge in [0.2, 0.25) is 0 Å². The van der Waals surface area contributed by atoms with E-state index in [4.69, 9.17) is 23.2 Å². The van der Waals surface area contributed by atoms with E-state index in [0.717, 1.165) is 15.1 Å². The van der Waals surface area contributed by atoms with Crippen molar-refractivity contribution in [2.45, 2.75) is 31.6 Å². The van der Waals surface area contributed by atoms with Crippen molar-refractivity contribution < 1.29 is 0 Å². The third-order valence-corrected chi connectivity index (χ3v) is 5.57. The van der Waals surface area contributed by atoms with Gasteiger partial charge in [-0.15, -0.1) is 0 Å². The molecule has 0 saturated heterocycles. The number of rotatable bonds is 2. The number of benzene rings is 1. The van der Waals surface area contributed by atoms with Crippen LogP contribution in [0.25, 0.3) is 11.1 Å². The zero-order valence-electron chi connectivity index (χ0n) is 14.2. The molecule has 0 N–H and O–H groups in total. The van der Waals surface area contributed by atoms with Crippen LogP contribution < -0.4 is 0 Å². The van der Waals surface area contributed by atoms with Crippen molar-refractivity contribution >= 4 is 45.8 Å². The standard InChI is InChI=1S/C16H16ClN.C5H3ClIN/c17-16-11-15(9-10-18-16)14-7-5-13(6-8-14)12-3-1-2-4-12;6-5-3-4(7)1-2-8-5/h5-12H,1-4H2;1-3H. The second kappa shape index (κ2) is 9.67. The lowest BCUT2D eigenvalue weighted by Crippen LogP contribution is -1.91. The Kier molecular flexibility index (Phi) is 7.29. The second-order valence-electron chi connectivity index (χ2n) is 6.27. The number of hydrogen-bond acceptors (Lipinski definition) is 2. The molecule has 1 aliphatic carbocycles. The van der Waals surface area contributed by atoms with E-state index < -0.39 is 0 Å². The SMILES string of the molecule is Clc1cc(-c2ccc(C3CCCC3)cc2)ccn1.Clc1cc(I)ccn1. The van der Waals surface area contributed by atoms with Crippen LogP contribution in [-0.2, 0) is 0 Å². The van der Waals surface area contributed by atoms with Crippen LogP contribution in [-0.4, -0.2) is 9.97 Å². The van der Waals surface area contributed by atoms with Crippen molar-refractivity contribution in [3.8, 4) is 11.1 Å². The van der Waals surface area contributed by atoms with E-state index in [-0.39, 0.29) is 0 Å². The Morgan fingerprint density at radius 2 is 1.38 bits per heavy atom. The maximum Gasteiger partial charge on any atom is 0.130 e. The van der Waals surface area contributed by atoms with Crippen LogP contribution >= 0.6 is 45.8 Å². The molecule has 134 valence electrons. The summed E-state index contributed by atoms with van der Waals surface area (Å²) in [5.74, 6) is 0.778. The quantitative estimate of drug-likeness (QED) is 0.273. The summed E-state index contributed by atoms with van der Waals surface area (Å²) < 4.78 is 1.11. The Hall–Kier alpha value is -1.17. The number of aromatic nitrogens is 2. The molecule has 2 aromatic heterocycles. The molecule has 1 saturated carbocycles. The van der Waals surface area contributed by atoms with Gasteiger partial charge in [-0.05, 0) is 82.3 Å². The molecule has 1 fully saturated rings. The summed E-state index contributed by atoms with van der Waals surface area (Å²) in [4.78, 5) is 7.81. The lowest BCUT2D eigenvalue weighted by atomic mass is 9.95. The molecule has 1 aromatic carbocycles. The molecule has 1 aliphatic rings. The Bertz CT molecular complexity index is 829. The van der Waals surface area contributed by atoms with E-state index in [1.807, 2.05) is 24.3 Å². The molecule has 0 spiro atoms. The Morgan fingerprint density at radius 3 is 1.92 bits per heavy atom. The number of pyridine rings is 2. The minimum Gasteiger partial charge on any atom is -0.245 e. The Morgan fingerprint density at radius 1 is 0.769 bits per heavy atom. The molecule has 0 radical (unpaired) electrons. The van der Waals surface area contributed by atoms with Crippen LogP contribution in [0.1, 0.15) is 37.2 Å². The lowest BCUT2D eigenvalue weighted by molar-refractivity contribution is 0.723. The third-order valence-electron chi connectivity index (χ3n) is 4.49. The zero-order chi connectivity index (χ0) is 18.4. The van der Waals surface area contributed by atoms with Crippen LogP contribution in [0.2, 0.25) is 10.3 Å². The van der Waals surface area contributed by atoms with Crippen molar-refractivity contribution in [2.24, 2.45) is 0 Å². The molecule has 2 nitrogen and oxygen atoms in total. The first-order valence-electron chi connectivity index (χ1n) is 8.61. The van der Waals surface area contributed by atoms with E-state index in [2.05, 4.69) is 56.8 Å². The summed E-state index contributed by atoms with van der Waals surface area (Å²) in [6.45, 7) is 0. The highest BCUT2D eigenvalue weighted by atomic mass is 127. The Balaban J connectivity index is 0.000000206. The van der Waals surface area contributed by atoms with Gasteiger partial charge in [0, 0.05) is 16.0 Å². The van der Waals surface area contributed by atoms with Crippen molar-refractivity contribution in [2.75, 3.05) is 0 Å². The number of halogens is 3. The van der Waals surface area contributed by atoms with E-state index in [0.29, 0.717) is 10.3 Å². The second-order valence-corrected chi connectivity index (χ2v) is 8.29. The third kappa shape index (κ3) is 5.66. The summed E-state index contributed by atoms with van der Waals surface area (Å²) in [6.07, 6.45) is 8.90. The summed E-state index contributed by atoms with van der Waals surface area (Å²) in [5.41, 5.74) is 3.82. The normalized spacial score (nSPS) is 14.0. The maximum atomic E-state index is 5.92. The smallest absolute Gasteiger partial charge is 0.130 e. The highest BCUT2D eigenvalue weighted by Crippen LogP contribution is 2.34. The van der Waals surface area contributed by atoms with Crippen LogP contribution in [0.4, 0.5) is 0 Å². The molecule has 4 rings (SSSR count). The van der Waals surface area contributed by atoms with Crippen LogP contribution in [0.3, 0.4) is 0 Å². The van der Waals surface area contributed by atoms with Gasteiger partial charge in [-0.3, -0.25) is 0 Å². The fourth-order valence-electron chi connectivity index (χ4n) is 3.17. The largest absolute Gasteiger partial charge is 0.245 e. The summed E-state index contributed by atoms with van der Waals surface area (Å²) in [7, 11) is 0. The highest BCUT2D eigenvalue weighted by molar-refractivity contribution is 14.1. The molecular formula is C21H19Cl2IN2. The van der Waals surface area contributed by atoms with Gasteiger partial charge in [-0.1, -0.05) is 60.3 Å². The van der Waals surface area contributed by atoms with Crippen LogP contribution in [0.5, 0.6) is 0 Å². The Labute approximate surface area is 178 Å². The molecule has 0 aliphatic heterocycles. The van der Waals surface area contributed by atoms with E-state index in [9.17, 15) is 0 Å². The van der Waals surface area contributed by atoms with E-state index in [1.54, 1.807) is 12.4 Å². The van der Waals surface area contributed by atoms with Crippen molar-refractivity contribution in [1.82, 2.24) is 9.97 Å². The average Bonchev–Trinajstić information content (AvgIpc) is 3.17. The van der Waals surface area contributed by atoms with Crippen molar-refractivity contribution in [3.63, 3.8) is 0 Å². The maximum absolute atomic E-state index is 5.92. The molecule has 0 bridgehead atoms. The fraction of sp³-hybridized carbons (Fsp3) is 0.238. The fourth-order valence-corrected chi connectivity index (χ4v) is 4.16. The predicted molar refractivity (Wildman–Crippen MR) is 118 cm³/mol. The minimum atomic E-state index is 0.548. The number of hydrogen-bond donors (Lipinski definition) is 0. The lowest BCUT2D eigenvalue weighted by Gasteiger charge is -2.10. The van der Waals surface area contributed by atoms with Gasteiger partial charge in [0.05, 0.1) is 0 Å². The van der Waals surface area contributed by atoms with Gasteiger partial charge in [0.15, 0.2) is 0 Å². The first-order chi connectivity index (χ1) is 12.6. The molecule has 0 amide bonds. The molecule has 0 atom stereocenters. The number of nitrogens with zero attached hydrogens (tertiary/aromatic N) is 2. The minimum absolute atomic E-state index is 0.548. The van der Waals surface area contributed by atoms with Gasteiger partial charge in [-0.2, -0.15) is 0 Å². The molecule has 0 unspecified atom stereocenters. The topological polar surface area (TPSA) is 25.8 Å². The van der Waals surface area contributed by atoms with Crippen LogP contribution in [0, 0.1) is 3.57 Å². The monoisotopic (exact) mass is 496 g/mol. The van der Waals surface area contributed by atoms with Crippen molar-refractivity contribution in [3.05, 3.63) is 80.4 Å². The predicted octanol–water partition coefficient (Wildman–Crippen LogP) is 7.40. The summed E-state index contributed by atoms with van der Waals surface area (Å²) >= 11 is 13.6. The molecule has 26 heavy (non-hydrogen) atoms. The van der Waals surface area contributed by atoms with Gasteiger partial charge >= 0.3 is 0 Å². The van der Waals surface area contributed by atoms with Crippen LogP contribution in [0.15, 0.2) is 60.9 Å². The molecular weight excluding hydrogens is 478 g/mol. The van der Waals surface area contributed by atoms with Gasteiger partial charge in [0.1, 0.15) is 10.3 Å². The van der Waals surface area contributed by atoms with E-state index in [1.165, 1.54) is 36.8 Å². The summed E-state index contributed by atoms with van der Waals surface area (Å²) in [5, 5.41) is 1.10. The molecule has 3 aromatic rings. The highest BCUT2D eigenvalue weighted by Gasteiger charge is 2.16. The van der Waals surface area contributed by atoms with Crippen molar-refractivity contribution in [1.29, 1.82) is 0 Å². The molecule has 5 heteroatoms. The average molecular weight is 497 g/mol. The molecule has 2 heterocycles. The van der Waals surface area contributed by atoms with E-state index >= 15 is 0 Å². The summed E-state index contributed by atoms with van der Waals surface area (Å²) in [6, 6.07) is 16.5. The van der Waals surface area contributed by atoms with Gasteiger partial charge < -0.3 is 0 Å². The first kappa shape index (κ1) is 19.6. The zero-order valence-corrected chi connectivity index (χ0v) is 17.9. The first-order valence-corrected chi connectivity index (χ1v) is 10.4. The van der Waals surface area contributed by atoms with Gasteiger partial charge in [0.25, 0.3) is 0 Å². The van der Waals surface area contributed by atoms with Gasteiger partial charge in [-0.25, -0.2) is 9.97 Å².